The molecule has 90 valence electrons. The van der Waals surface area contributed by atoms with E-state index >= 15 is 0 Å². The minimum absolute atomic E-state index is 0.0162. The summed E-state index contributed by atoms with van der Waals surface area (Å²) >= 11 is 0. The minimum Gasteiger partial charge on any atom is -0.359 e. The lowest BCUT2D eigenvalue weighted by Gasteiger charge is -2.64. The Labute approximate surface area is 98.2 Å². The van der Waals surface area contributed by atoms with Gasteiger partial charge in [-0.25, -0.2) is 0 Å². The number of hydrogen-bond donors (Lipinski definition) is 1. The molecule has 0 spiro atoms. The van der Waals surface area contributed by atoms with Gasteiger partial charge in [-0.1, -0.05) is 13.8 Å². The highest BCUT2D eigenvalue weighted by Crippen LogP contribution is 2.69. The zero-order valence-electron chi connectivity index (χ0n) is 10.7. The van der Waals surface area contributed by atoms with E-state index in [0.29, 0.717) is 16.7 Å². The van der Waals surface area contributed by atoms with Crippen LogP contribution < -0.4 is 5.32 Å². The number of nitrogens with one attached hydrogen (secondary N) is 1. The molecule has 1 N–H and O–H groups in total. The highest BCUT2D eigenvalue weighted by Gasteiger charge is 2.62. The van der Waals surface area contributed by atoms with Crippen molar-refractivity contribution in [2.45, 2.75) is 52.4 Å². The molecule has 2 heteroatoms. The maximum Gasteiger partial charge on any atom is 0.226 e. The molecule has 0 aliphatic heterocycles. The van der Waals surface area contributed by atoms with Gasteiger partial charge in [0.2, 0.25) is 5.91 Å². The van der Waals surface area contributed by atoms with Crippen LogP contribution >= 0.6 is 0 Å². The van der Waals surface area contributed by atoms with Crippen LogP contribution in [-0.4, -0.2) is 13.0 Å². The lowest BCUT2D eigenvalue weighted by Crippen LogP contribution is -2.59. The molecule has 1 amide bonds. The van der Waals surface area contributed by atoms with Crippen molar-refractivity contribution in [2.24, 2.45) is 22.2 Å². The van der Waals surface area contributed by atoms with E-state index in [-0.39, 0.29) is 5.41 Å². The number of carbonyl (C=O) groups is 1. The summed E-state index contributed by atoms with van der Waals surface area (Å²) < 4.78 is 0. The van der Waals surface area contributed by atoms with Crippen LogP contribution in [0, 0.1) is 22.2 Å². The summed E-state index contributed by atoms with van der Waals surface area (Å²) in [6, 6.07) is 0. The lowest BCUT2D eigenvalue weighted by atomic mass is 9.40. The van der Waals surface area contributed by atoms with E-state index < -0.39 is 0 Å². The van der Waals surface area contributed by atoms with Crippen molar-refractivity contribution in [3.63, 3.8) is 0 Å². The summed E-state index contributed by atoms with van der Waals surface area (Å²) in [5, 5.41) is 2.92. The van der Waals surface area contributed by atoms with Gasteiger partial charge in [0.05, 0.1) is 5.41 Å². The minimum atomic E-state index is -0.0162. The Morgan fingerprint density at radius 3 is 2.06 bits per heavy atom. The first-order valence-corrected chi connectivity index (χ1v) is 6.61. The van der Waals surface area contributed by atoms with Crippen LogP contribution in [0.3, 0.4) is 0 Å². The number of carbonyl (C=O) groups excluding carboxylic acids is 1. The van der Waals surface area contributed by atoms with Crippen molar-refractivity contribution in [2.75, 3.05) is 7.05 Å². The molecular formula is C14H23NO. The second-order valence-corrected chi connectivity index (χ2v) is 7.49. The van der Waals surface area contributed by atoms with Crippen LogP contribution in [0.15, 0.2) is 0 Å². The molecule has 4 aliphatic carbocycles. The van der Waals surface area contributed by atoms with Crippen molar-refractivity contribution in [3.05, 3.63) is 0 Å². The van der Waals surface area contributed by atoms with Gasteiger partial charge in [-0.2, -0.15) is 0 Å². The molecule has 4 bridgehead atoms. The van der Waals surface area contributed by atoms with Gasteiger partial charge in [-0.05, 0) is 55.3 Å². The van der Waals surface area contributed by atoms with Gasteiger partial charge in [-0.3, -0.25) is 4.79 Å². The number of hydrogen-bond acceptors (Lipinski definition) is 1. The molecule has 16 heavy (non-hydrogen) atoms. The van der Waals surface area contributed by atoms with Crippen LogP contribution in [-0.2, 0) is 4.79 Å². The van der Waals surface area contributed by atoms with Gasteiger partial charge in [0.1, 0.15) is 0 Å². The monoisotopic (exact) mass is 221 g/mol. The molecule has 0 saturated heterocycles. The van der Waals surface area contributed by atoms with Gasteiger partial charge in [0.25, 0.3) is 0 Å². The first-order valence-electron chi connectivity index (χ1n) is 6.61. The Balaban J connectivity index is 2.01. The molecule has 0 aromatic carbocycles. The average molecular weight is 221 g/mol. The number of rotatable bonds is 1. The molecule has 0 heterocycles. The van der Waals surface area contributed by atoms with Crippen LogP contribution in [0.4, 0.5) is 0 Å². The van der Waals surface area contributed by atoms with Gasteiger partial charge in [0.15, 0.2) is 0 Å². The fourth-order valence-electron chi connectivity index (χ4n) is 5.97. The molecule has 0 aromatic heterocycles. The summed E-state index contributed by atoms with van der Waals surface area (Å²) in [6.45, 7) is 4.82. The second kappa shape index (κ2) is 2.83. The largest absolute Gasteiger partial charge is 0.359 e. The zero-order chi connectivity index (χ0) is 11.6. The summed E-state index contributed by atoms with van der Waals surface area (Å²) in [7, 11) is 1.80. The highest BCUT2D eigenvalue weighted by molar-refractivity contribution is 5.83. The summed E-state index contributed by atoms with van der Waals surface area (Å²) in [6.07, 6.45) is 7.48. The normalized spacial score (nSPS) is 54.1. The van der Waals surface area contributed by atoms with Crippen molar-refractivity contribution >= 4 is 5.91 Å². The standard InChI is InChI=1S/C14H23NO/c1-12-4-10-5-13(2,7-12)9-14(6-10,8-12)11(16)15-3/h10H,4-9H2,1-3H3,(H,15,16)/t10?,12-,13-,14?/m0/s1. The fourth-order valence-corrected chi connectivity index (χ4v) is 5.97. The Morgan fingerprint density at radius 2 is 1.62 bits per heavy atom. The van der Waals surface area contributed by atoms with E-state index in [2.05, 4.69) is 19.2 Å². The van der Waals surface area contributed by atoms with Crippen LogP contribution in [0.5, 0.6) is 0 Å². The lowest BCUT2D eigenvalue weighted by molar-refractivity contribution is -0.169. The summed E-state index contributed by atoms with van der Waals surface area (Å²) in [4.78, 5) is 12.2. The van der Waals surface area contributed by atoms with Crippen molar-refractivity contribution in [1.82, 2.24) is 5.32 Å². The smallest absolute Gasteiger partial charge is 0.226 e. The third-order valence-electron chi connectivity index (χ3n) is 5.33. The van der Waals surface area contributed by atoms with E-state index in [4.69, 9.17) is 0 Å². The maximum absolute atomic E-state index is 12.2. The SMILES string of the molecule is CNC(=O)C12CC3C[C@](C)(C1)C[C@](C)(C3)C2. The molecule has 4 fully saturated rings. The molecule has 4 aliphatic rings. The average Bonchev–Trinajstić information content (AvgIpc) is 2.10. The van der Waals surface area contributed by atoms with E-state index in [1.807, 2.05) is 0 Å². The Bertz CT molecular complexity index is 331. The molecular weight excluding hydrogens is 198 g/mol. The predicted molar refractivity (Wildman–Crippen MR) is 63.9 cm³/mol. The van der Waals surface area contributed by atoms with Gasteiger partial charge in [0, 0.05) is 7.05 Å². The third-order valence-corrected chi connectivity index (χ3v) is 5.33. The van der Waals surface area contributed by atoms with Gasteiger partial charge >= 0.3 is 0 Å². The molecule has 0 radical (unpaired) electrons. The Morgan fingerprint density at radius 1 is 1.06 bits per heavy atom. The second-order valence-electron chi connectivity index (χ2n) is 7.49. The molecule has 2 nitrogen and oxygen atoms in total. The van der Waals surface area contributed by atoms with Gasteiger partial charge < -0.3 is 5.32 Å². The van der Waals surface area contributed by atoms with Crippen LogP contribution in [0.1, 0.15) is 52.4 Å². The Hall–Kier alpha value is -0.530. The topological polar surface area (TPSA) is 29.1 Å². The molecule has 2 atom stereocenters. The van der Waals surface area contributed by atoms with Crippen molar-refractivity contribution in [3.8, 4) is 0 Å². The maximum atomic E-state index is 12.2. The fraction of sp³-hybridized carbons (Fsp3) is 0.929. The zero-order valence-corrected chi connectivity index (χ0v) is 10.7. The first kappa shape index (κ1) is 10.6. The van der Waals surface area contributed by atoms with Crippen LogP contribution in [0.2, 0.25) is 0 Å². The third kappa shape index (κ3) is 1.28. The number of amides is 1. The van der Waals surface area contributed by atoms with E-state index in [9.17, 15) is 4.79 Å². The van der Waals surface area contributed by atoms with Crippen molar-refractivity contribution in [1.29, 1.82) is 0 Å². The Kier molecular flexibility index (Phi) is 1.88. The highest BCUT2D eigenvalue weighted by atomic mass is 16.2. The quantitative estimate of drug-likeness (QED) is 0.724. The molecule has 4 saturated carbocycles. The summed E-state index contributed by atoms with van der Waals surface area (Å²) in [5.41, 5.74) is 0.874. The molecule has 0 unspecified atom stereocenters. The van der Waals surface area contributed by atoms with Crippen molar-refractivity contribution < 1.29 is 4.79 Å². The molecule has 0 aromatic rings. The van der Waals surface area contributed by atoms with E-state index in [0.717, 1.165) is 25.2 Å². The first-order chi connectivity index (χ1) is 7.39. The molecule has 4 rings (SSSR count). The van der Waals surface area contributed by atoms with E-state index in [1.165, 1.54) is 19.3 Å². The van der Waals surface area contributed by atoms with E-state index in [1.54, 1.807) is 7.05 Å². The van der Waals surface area contributed by atoms with Gasteiger partial charge in [-0.15, -0.1) is 0 Å². The summed E-state index contributed by atoms with van der Waals surface area (Å²) in [5.74, 6) is 1.12. The predicted octanol–water partition coefficient (Wildman–Crippen LogP) is 2.73. The van der Waals surface area contributed by atoms with Crippen LogP contribution in [0.25, 0.3) is 0 Å².